The maximum absolute atomic E-state index is 13.0. The van der Waals surface area contributed by atoms with Gasteiger partial charge in [-0.2, -0.15) is 0 Å². The first-order chi connectivity index (χ1) is 11.4. The van der Waals surface area contributed by atoms with Crippen molar-refractivity contribution in [3.05, 3.63) is 35.6 Å². The molecule has 6 heteroatoms. The zero-order valence-electron chi connectivity index (χ0n) is 14.1. The molecule has 2 heterocycles. The molecule has 1 aromatic rings. The van der Waals surface area contributed by atoms with Crippen LogP contribution in [0.3, 0.4) is 0 Å². The summed E-state index contributed by atoms with van der Waals surface area (Å²) in [7, 11) is 3.92. The first-order valence-corrected chi connectivity index (χ1v) is 8.30. The maximum atomic E-state index is 13.0. The van der Waals surface area contributed by atoms with Crippen LogP contribution in [0.4, 0.5) is 4.39 Å². The monoisotopic (exact) mass is 334 g/mol. The van der Waals surface area contributed by atoms with E-state index in [2.05, 4.69) is 0 Å². The molecule has 24 heavy (non-hydrogen) atoms. The van der Waals surface area contributed by atoms with Crippen molar-refractivity contribution in [2.75, 3.05) is 33.7 Å². The first kappa shape index (κ1) is 16.9. The van der Waals surface area contributed by atoms with E-state index >= 15 is 0 Å². The number of carbonyl (C=O) groups is 2. The van der Waals surface area contributed by atoms with Gasteiger partial charge in [0.05, 0.1) is 5.41 Å². The summed E-state index contributed by atoms with van der Waals surface area (Å²) in [6.07, 6.45) is 1.92. The van der Waals surface area contributed by atoms with E-state index in [0.717, 1.165) is 13.0 Å². The first-order valence-electron chi connectivity index (χ1n) is 8.30. The smallest absolute Gasteiger partial charge is 0.312 e. The Bertz CT molecular complexity index is 622. The van der Waals surface area contributed by atoms with Crippen molar-refractivity contribution in [1.82, 2.24) is 9.80 Å². The molecule has 0 aliphatic carbocycles. The molecule has 2 fully saturated rings. The molecule has 2 saturated heterocycles. The number of piperidine rings is 1. The van der Waals surface area contributed by atoms with Crippen molar-refractivity contribution < 1.29 is 18.7 Å². The largest absolute Gasteiger partial charge is 0.461 e. The maximum Gasteiger partial charge on any atom is 0.312 e. The van der Waals surface area contributed by atoms with Crippen LogP contribution in [0.25, 0.3) is 0 Å². The summed E-state index contributed by atoms with van der Waals surface area (Å²) in [5, 5.41) is 0. The van der Waals surface area contributed by atoms with Crippen LogP contribution in [0.15, 0.2) is 24.3 Å². The fraction of sp³-hybridized carbons (Fsp3) is 0.556. The Balaban J connectivity index is 1.62. The molecule has 0 radical (unpaired) electrons. The third kappa shape index (κ3) is 3.29. The van der Waals surface area contributed by atoms with Gasteiger partial charge in [-0.3, -0.25) is 9.59 Å². The minimum absolute atomic E-state index is 0.0631. The fourth-order valence-electron chi connectivity index (χ4n) is 3.67. The Morgan fingerprint density at radius 1 is 1.29 bits per heavy atom. The average Bonchev–Trinajstić information content (AvgIpc) is 2.82. The predicted octanol–water partition coefficient (Wildman–Crippen LogP) is 1.93. The van der Waals surface area contributed by atoms with Gasteiger partial charge in [-0.25, -0.2) is 4.39 Å². The van der Waals surface area contributed by atoms with Gasteiger partial charge in [-0.05, 0) is 51.2 Å². The summed E-state index contributed by atoms with van der Waals surface area (Å²) in [5.41, 5.74) is 0.0344. The van der Waals surface area contributed by atoms with Crippen LogP contribution in [-0.2, 0) is 9.53 Å². The van der Waals surface area contributed by atoms with Crippen molar-refractivity contribution in [3.8, 4) is 0 Å². The third-order valence-corrected chi connectivity index (χ3v) is 4.99. The highest BCUT2D eigenvalue weighted by Gasteiger charge is 2.50. The van der Waals surface area contributed by atoms with Gasteiger partial charge in [-0.1, -0.05) is 0 Å². The second-order valence-corrected chi connectivity index (χ2v) is 7.07. The average molecular weight is 334 g/mol. The van der Waals surface area contributed by atoms with E-state index in [1.807, 2.05) is 19.0 Å². The summed E-state index contributed by atoms with van der Waals surface area (Å²) < 4.78 is 18.5. The Kier molecular flexibility index (Phi) is 4.58. The van der Waals surface area contributed by atoms with Crippen molar-refractivity contribution in [1.29, 1.82) is 0 Å². The Labute approximate surface area is 141 Å². The van der Waals surface area contributed by atoms with Gasteiger partial charge < -0.3 is 14.5 Å². The SMILES string of the molecule is CN(C)CC1CC2(CCN(C(=O)c3ccc(F)cc3)CC2)C(=O)O1. The molecule has 130 valence electrons. The van der Waals surface area contributed by atoms with E-state index in [1.54, 1.807) is 4.90 Å². The number of benzene rings is 1. The van der Waals surface area contributed by atoms with E-state index < -0.39 is 5.41 Å². The van der Waals surface area contributed by atoms with Crippen molar-refractivity contribution in [2.45, 2.75) is 25.4 Å². The van der Waals surface area contributed by atoms with E-state index in [0.29, 0.717) is 31.5 Å². The third-order valence-electron chi connectivity index (χ3n) is 4.99. The van der Waals surface area contributed by atoms with Crippen molar-refractivity contribution >= 4 is 11.9 Å². The van der Waals surface area contributed by atoms with E-state index in [9.17, 15) is 14.0 Å². The minimum Gasteiger partial charge on any atom is -0.461 e. The standard InChI is InChI=1S/C18H23FN2O3/c1-20(2)12-15-11-18(17(23)24-15)7-9-21(10-8-18)16(22)13-3-5-14(19)6-4-13/h3-6,15H,7-12H2,1-2H3. The number of hydrogen-bond acceptors (Lipinski definition) is 4. The molecule has 0 saturated carbocycles. The fourth-order valence-corrected chi connectivity index (χ4v) is 3.67. The summed E-state index contributed by atoms with van der Waals surface area (Å²) in [5.74, 6) is -0.589. The zero-order valence-corrected chi connectivity index (χ0v) is 14.1. The highest BCUT2D eigenvalue weighted by molar-refractivity contribution is 5.94. The lowest BCUT2D eigenvalue weighted by molar-refractivity contribution is -0.150. The normalized spacial score (nSPS) is 22.9. The number of likely N-dealkylation sites (N-methyl/N-ethyl adjacent to an activating group) is 1. The summed E-state index contributed by atoms with van der Waals surface area (Å²) >= 11 is 0. The molecule has 3 rings (SSSR count). The number of hydrogen-bond donors (Lipinski definition) is 0. The second kappa shape index (κ2) is 6.51. The molecular weight excluding hydrogens is 311 g/mol. The van der Waals surface area contributed by atoms with Crippen LogP contribution in [0.1, 0.15) is 29.6 Å². The highest BCUT2D eigenvalue weighted by Crippen LogP contribution is 2.43. The lowest BCUT2D eigenvalue weighted by Gasteiger charge is -2.36. The van der Waals surface area contributed by atoms with E-state index in [4.69, 9.17) is 4.74 Å². The molecule has 0 N–H and O–H groups in total. The van der Waals surface area contributed by atoms with Gasteiger partial charge in [0, 0.05) is 31.6 Å². The van der Waals surface area contributed by atoms with E-state index in [1.165, 1.54) is 24.3 Å². The molecule has 2 aliphatic heterocycles. The van der Waals surface area contributed by atoms with Crippen LogP contribution in [0, 0.1) is 11.2 Å². The van der Waals surface area contributed by atoms with Gasteiger partial charge in [0.2, 0.25) is 0 Å². The predicted molar refractivity (Wildman–Crippen MR) is 87.0 cm³/mol. The number of nitrogens with zero attached hydrogens (tertiary/aromatic N) is 2. The molecule has 2 aliphatic rings. The van der Waals surface area contributed by atoms with Crippen molar-refractivity contribution in [2.24, 2.45) is 5.41 Å². The minimum atomic E-state index is -0.444. The highest BCUT2D eigenvalue weighted by atomic mass is 19.1. The number of esters is 1. The van der Waals surface area contributed by atoms with Crippen LogP contribution >= 0.6 is 0 Å². The number of amides is 1. The molecule has 0 aromatic heterocycles. The Hall–Kier alpha value is -1.95. The molecule has 1 unspecified atom stereocenters. The van der Waals surface area contributed by atoms with Gasteiger partial charge in [0.1, 0.15) is 11.9 Å². The number of cyclic esters (lactones) is 1. The summed E-state index contributed by atoms with van der Waals surface area (Å²) in [6.45, 7) is 1.78. The number of ether oxygens (including phenoxy) is 1. The van der Waals surface area contributed by atoms with Crippen LogP contribution in [-0.4, -0.2) is 61.5 Å². The van der Waals surface area contributed by atoms with Gasteiger partial charge in [0.15, 0.2) is 0 Å². The molecule has 0 bridgehead atoms. The quantitative estimate of drug-likeness (QED) is 0.793. The molecule has 1 amide bonds. The summed E-state index contributed by atoms with van der Waals surface area (Å²) in [6, 6.07) is 5.58. The second-order valence-electron chi connectivity index (χ2n) is 7.07. The number of likely N-dealkylation sites (tertiary alicyclic amines) is 1. The number of halogens is 1. The van der Waals surface area contributed by atoms with Crippen LogP contribution < -0.4 is 0 Å². The lowest BCUT2D eigenvalue weighted by Crippen LogP contribution is -2.45. The van der Waals surface area contributed by atoms with Crippen LogP contribution in [0.2, 0.25) is 0 Å². The molecule has 1 spiro atoms. The molecule has 1 atom stereocenters. The van der Waals surface area contributed by atoms with Gasteiger partial charge in [-0.15, -0.1) is 0 Å². The zero-order chi connectivity index (χ0) is 17.3. The lowest BCUT2D eigenvalue weighted by atomic mass is 9.76. The topological polar surface area (TPSA) is 49.9 Å². The Morgan fingerprint density at radius 2 is 1.92 bits per heavy atom. The number of carbonyl (C=O) groups excluding carboxylic acids is 2. The van der Waals surface area contributed by atoms with E-state index in [-0.39, 0.29) is 23.8 Å². The van der Waals surface area contributed by atoms with Crippen molar-refractivity contribution in [3.63, 3.8) is 0 Å². The summed E-state index contributed by atoms with van der Waals surface area (Å²) in [4.78, 5) is 28.6. The van der Waals surface area contributed by atoms with Gasteiger partial charge >= 0.3 is 5.97 Å². The molecular formula is C18H23FN2O3. The van der Waals surface area contributed by atoms with Gasteiger partial charge in [0.25, 0.3) is 5.91 Å². The molecule has 5 nitrogen and oxygen atoms in total. The Morgan fingerprint density at radius 3 is 2.50 bits per heavy atom. The molecule has 1 aromatic carbocycles. The number of rotatable bonds is 3. The van der Waals surface area contributed by atoms with Crippen LogP contribution in [0.5, 0.6) is 0 Å².